The molecule has 0 aliphatic carbocycles. The number of rotatable bonds is 2. The van der Waals surface area contributed by atoms with E-state index in [2.05, 4.69) is 11.8 Å². The van der Waals surface area contributed by atoms with Gasteiger partial charge in [0.15, 0.2) is 0 Å². The van der Waals surface area contributed by atoms with Crippen molar-refractivity contribution in [2.45, 2.75) is 57.7 Å². The van der Waals surface area contributed by atoms with Crippen LogP contribution in [0.3, 0.4) is 0 Å². The van der Waals surface area contributed by atoms with Crippen LogP contribution in [-0.4, -0.2) is 59.9 Å². The van der Waals surface area contributed by atoms with Gasteiger partial charge >= 0.3 is 0 Å². The molecule has 2 atom stereocenters. The van der Waals surface area contributed by atoms with Crippen molar-refractivity contribution in [3.63, 3.8) is 0 Å². The van der Waals surface area contributed by atoms with Crippen LogP contribution in [-0.2, 0) is 9.59 Å². The van der Waals surface area contributed by atoms with Gasteiger partial charge in [-0.25, -0.2) is 0 Å². The number of thiophene rings is 1. The van der Waals surface area contributed by atoms with E-state index in [0.29, 0.717) is 6.54 Å². The van der Waals surface area contributed by atoms with Crippen LogP contribution in [0.4, 0.5) is 5.00 Å². The molecule has 0 saturated carbocycles. The number of fused-ring (bicyclic) bond motifs is 2. The Bertz CT molecular complexity index is 772. The number of hydrogen-bond donors (Lipinski definition) is 0. The maximum Gasteiger partial charge on any atom is 0.299 e. The third kappa shape index (κ3) is 3.51. The SMILES string of the molecule is Cc1ccc(N2CCC3CCC(C2=O)N3C(=O)C#CC(C)(C)N(C)C)s1. The van der Waals surface area contributed by atoms with Crippen LogP contribution in [0.2, 0.25) is 0 Å². The Hall–Kier alpha value is -1.84. The quantitative estimate of drug-likeness (QED) is 0.748. The fourth-order valence-electron chi connectivity index (χ4n) is 3.45. The molecule has 1 aromatic rings. The summed E-state index contributed by atoms with van der Waals surface area (Å²) in [4.78, 5) is 32.7. The van der Waals surface area contributed by atoms with Gasteiger partial charge in [-0.15, -0.1) is 11.3 Å². The van der Waals surface area contributed by atoms with Gasteiger partial charge in [-0.05, 0) is 72.2 Å². The molecule has 2 fully saturated rings. The molecule has 26 heavy (non-hydrogen) atoms. The van der Waals surface area contributed by atoms with Crippen LogP contribution in [0.5, 0.6) is 0 Å². The minimum absolute atomic E-state index is 0.0360. The van der Waals surface area contributed by atoms with E-state index in [0.717, 1.165) is 24.3 Å². The van der Waals surface area contributed by atoms with Crippen molar-refractivity contribution in [1.29, 1.82) is 0 Å². The Morgan fingerprint density at radius 3 is 2.62 bits per heavy atom. The lowest BCUT2D eigenvalue weighted by atomic mass is 10.1. The van der Waals surface area contributed by atoms with Gasteiger partial charge in [0.1, 0.15) is 6.04 Å². The molecule has 2 aliphatic rings. The van der Waals surface area contributed by atoms with Gasteiger partial charge in [0.25, 0.3) is 5.91 Å². The zero-order valence-corrected chi connectivity index (χ0v) is 17.0. The van der Waals surface area contributed by atoms with Gasteiger partial charge in [0.05, 0.1) is 10.5 Å². The number of nitrogens with zero attached hydrogens (tertiary/aromatic N) is 3. The predicted molar refractivity (Wildman–Crippen MR) is 105 cm³/mol. The molecule has 2 aliphatic heterocycles. The number of carbonyl (C=O) groups excluding carboxylic acids is 2. The Balaban J connectivity index is 1.83. The number of carbonyl (C=O) groups is 2. The molecule has 0 spiro atoms. The summed E-state index contributed by atoms with van der Waals surface area (Å²) >= 11 is 1.63. The molecule has 5 nitrogen and oxygen atoms in total. The van der Waals surface area contributed by atoms with Crippen LogP contribution >= 0.6 is 11.3 Å². The first-order valence-electron chi connectivity index (χ1n) is 9.11. The summed E-state index contributed by atoms with van der Waals surface area (Å²) in [5.41, 5.74) is -0.384. The van der Waals surface area contributed by atoms with Gasteiger partial charge in [0, 0.05) is 17.5 Å². The Morgan fingerprint density at radius 1 is 1.27 bits per heavy atom. The maximum absolute atomic E-state index is 13.1. The lowest BCUT2D eigenvalue weighted by Crippen LogP contribution is -2.46. The van der Waals surface area contributed by atoms with Crippen molar-refractivity contribution >= 4 is 28.2 Å². The van der Waals surface area contributed by atoms with E-state index in [1.165, 1.54) is 4.88 Å². The first kappa shape index (κ1) is 18.9. The van der Waals surface area contributed by atoms with Crippen LogP contribution < -0.4 is 4.90 Å². The molecule has 3 rings (SSSR count). The smallest absolute Gasteiger partial charge is 0.299 e. The third-order valence-electron chi connectivity index (χ3n) is 5.56. The standard InChI is InChI=1S/C20H27N3O2S/c1-14-6-9-18(26-14)22-13-11-15-7-8-16(19(22)25)23(15)17(24)10-12-20(2,3)21(4)5/h6,9,15-16H,7-8,11,13H2,1-5H3. The highest BCUT2D eigenvalue weighted by molar-refractivity contribution is 7.16. The summed E-state index contributed by atoms with van der Waals surface area (Å²) in [5.74, 6) is 5.70. The van der Waals surface area contributed by atoms with E-state index in [1.54, 1.807) is 16.2 Å². The summed E-state index contributed by atoms with van der Waals surface area (Å²) in [6.45, 7) is 6.67. The minimum atomic E-state index is -0.384. The second-order valence-corrected chi connectivity index (χ2v) is 9.09. The summed E-state index contributed by atoms with van der Waals surface area (Å²) in [5, 5.41) is 0.979. The van der Waals surface area contributed by atoms with Gasteiger partial charge < -0.3 is 9.80 Å². The van der Waals surface area contributed by atoms with E-state index in [-0.39, 0.29) is 29.4 Å². The maximum atomic E-state index is 13.1. The first-order valence-corrected chi connectivity index (χ1v) is 9.93. The average molecular weight is 374 g/mol. The molecule has 3 heterocycles. The fourth-order valence-corrected chi connectivity index (χ4v) is 4.35. The zero-order valence-electron chi connectivity index (χ0n) is 16.2. The molecular formula is C20H27N3O2S. The first-order chi connectivity index (χ1) is 12.2. The monoisotopic (exact) mass is 373 g/mol. The Labute approximate surface area is 160 Å². The van der Waals surface area contributed by atoms with Crippen molar-refractivity contribution in [3.05, 3.63) is 17.0 Å². The van der Waals surface area contributed by atoms with Crippen LogP contribution in [0.15, 0.2) is 12.1 Å². The molecule has 140 valence electrons. The lowest BCUT2D eigenvalue weighted by Gasteiger charge is -2.28. The summed E-state index contributed by atoms with van der Waals surface area (Å²) in [7, 11) is 3.89. The largest absolute Gasteiger partial charge is 0.317 e. The second kappa shape index (κ2) is 7.05. The summed E-state index contributed by atoms with van der Waals surface area (Å²) in [6.07, 6.45) is 2.43. The topological polar surface area (TPSA) is 43.9 Å². The van der Waals surface area contributed by atoms with E-state index >= 15 is 0 Å². The van der Waals surface area contributed by atoms with Gasteiger partial charge in [0.2, 0.25) is 5.91 Å². The van der Waals surface area contributed by atoms with Gasteiger partial charge in [-0.1, -0.05) is 5.92 Å². The Morgan fingerprint density at radius 2 is 2.00 bits per heavy atom. The molecule has 6 heteroatoms. The fraction of sp³-hybridized carbons (Fsp3) is 0.600. The number of anilines is 1. The molecule has 2 unspecified atom stereocenters. The van der Waals surface area contributed by atoms with Crippen molar-refractivity contribution in [1.82, 2.24) is 9.80 Å². The summed E-state index contributed by atoms with van der Waals surface area (Å²) in [6, 6.07) is 3.77. The molecule has 2 saturated heterocycles. The third-order valence-corrected chi connectivity index (χ3v) is 6.58. The average Bonchev–Trinajstić information content (AvgIpc) is 3.15. The molecule has 2 bridgehead atoms. The summed E-state index contributed by atoms with van der Waals surface area (Å²) < 4.78 is 0. The molecule has 2 amide bonds. The van der Waals surface area contributed by atoms with Crippen LogP contribution in [0, 0.1) is 18.8 Å². The van der Waals surface area contributed by atoms with Crippen molar-refractivity contribution in [2.75, 3.05) is 25.5 Å². The van der Waals surface area contributed by atoms with E-state index in [4.69, 9.17) is 0 Å². The molecule has 0 radical (unpaired) electrons. The Kier molecular flexibility index (Phi) is 5.14. The zero-order chi connectivity index (χ0) is 19.1. The molecule has 0 N–H and O–H groups in total. The highest BCUT2D eigenvalue weighted by Gasteiger charge is 2.45. The highest BCUT2D eigenvalue weighted by Crippen LogP contribution is 2.35. The van der Waals surface area contributed by atoms with Crippen LogP contribution in [0.25, 0.3) is 0 Å². The predicted octanol–water partition coefficient (Wildman–Crippen LogP) is 2.50. The van der Waals surface area contributed by atoms with E-state index in [9.17, 15) is 9.59 Å². The molecular weight excluding hydrogens is 346 g/mol. The number of hydrogen-bond acceptors (Lipinski definition) is 4. The highest BCUT2D eigenvalue weighted by atomic mass is 32.1. The number of aryl methyl sites for hydroxylation is 1. The van der Waals surface area contributed by atoms with Crippen molar-refractivity contribution in [3.8, 4) is 11.8 Å². The van der Waals surface area contributed by atoms with Crippen molar-refractivity contribution in [2.24, 2.45) is 0 Å². The lowest BCUT2D eigenvalue weighted by molar-refractivity contribution is -0.134. The van der Waals surface area contributed by atoms with E-state index < -0.39 is 0 Å². The second-order valence-electron chi connectivity index (χ2n) is 7.83. The van der Waals surface area contributed by atoms with Gasteiger partial charge in [-0.3, -0.25) is 14.5 Å². The van der Waals surface area contributed by atoms with Crippen molar-refractivity contribution < 1.29 is 9.59 Å². The molecule has 0 aromatic carbocycles. The van der Waals surface area contributed by atoms with E-state index in [1.807, 2.05) is 56.8 Å². The van der Waals surface area contributed by atoms with Crippen LogP contribution in [0.1, 0.15) is 38.0 Å². The number of amides is 2. The van der Waals surface area contributed by atoms with Gasteiger partial charge in [-0.2, -0.15) is 0 Å². The molecule has 1 aromatic heterocycles. The minimum Gasteiger partial charge on any atom is -0.317 e. The normalized spacial score (nSPS) is 23.1.